The molecule has 4 heteroatoms. The second-order valence-electron chi connectivity index (χ2n) is 6.10. The van der Waals surface area contributed by atoms with E-state index in [1.807, 2.05) is 0 Å². The molecule has 2 rings (SSSR count). The number of rotatable bonds is 2. The van der Waals surface area contributed by atoms with Crippen LogP contribution in [0.1, 0.15) is 52.4 Å². The lowest BCUT2D eigenvalue weighted by Crippen LogP contribution is -2.60. The van der Waals surface area contributed by atoms with E-state index in [4.69, 9.17) is 5.73 Å². The number of carbonyl (C=O) groups excluding carboxylic acids is 1. The normalized spacial score (nSPS) is 35.4. The van der Waals surface area contributed by atoms with E-state index in [0.717, 1.165) is 43.9 Å². The van der Waals surface area contributed by atoms with Crippen LogP contribution in [0.4, 0.5) is 0 Å². The van der Waals surface area contributed by atoms with Crippen LogP contribution >= 0.6 is 12.4 Å². The Hall–Kier alpha value is -0.280. The minimum Gasteiger partial charge on any atom is -0.352 e. The molecule has 17 heavy (non-hydrogen) atoms. The molecular formula is C13H25ClN2O. The number of nitrogens with one attached hydrogen (secondary N) is 1. The molecule has 2 aliphatic rings. The highest BCUT2D eigenvalue weighted by Gasteiger charge is 2.41. The number of halogens is 1. The summed E-state index contributed by atoms with van der Waals surface area (Å²) in [4.78, 5) is 12.0. The molecule has 2 fully saturated rings. The molecule has 3 N–H and O–H groups in total. The first kappa shape index (κ1) is 14.8. The molecule has 2 unspecified atom stereocenters. The zero-order valence-corrected chi connectivity index (χ0v) is 11.7. The number of amides is 1. The molecule has 0 aromatic rings. The lowest BCUT2D eigenvalue weighted by molar-refractivity contribution is -0.130. The van der Waals surface area contributed by atoms with Crippen molar-refractivity contribution in [1.82, 2.24) is 5.32 Å². The van der Waals surface area contributed by atoms with Crippen molar-refractivity contribution in [2.24, 2.45) is 17.6 Å². The summed E-state index contributed by atoms with van der Waals surface area (Å²) < 4.78 is 0. The van der Waals surface area contributed by atoms with Gasteiger partial charge in [0.1, 0.15) is 0 Å². The fourth-order valence-electron chi connectivity index (χ4n) is 3.18. The van der Waals surface area contributed by atoms with Gasteiger partial charge in [-0.2, -0.15) is 0 Å². The van der Waals surface area contributed by atoms with Crippen molar-refractivity contribution >= 4 is 18.3 Å². The average Bonchev–Trinajstić information content (AvgIpc) is 2.12. The second kappa shape index (κ2) is 5.57. The molecule has 0 aliphatic heterocycles. The van der Waals surface area contributed by atoms with Gasteiger partial charge in [0.25, 0.3) is 0 Å². The highest BCUT2D eigenvalue weighted by Crippen LogP contribution is 2.32. The van der Waals surface area contributed by atoms with E-state index in [-0.39, 0.29) is 18.3 Å². The van der Waals surface area contributed by atoms with Crippen LogP contribution in [-0.4, -0.2) is 17.5 Å². The van der Waals surface area contributed by atoms with Crippen LogP contribution in [0.5, 0.6) is 0 Å². The summed E-state index contributed by atoms with van der Waals surface area (Å²) in [6.45, 7) is 4.55. The standard InChI is InChI=1S/C13H24N2O.ClH/c1-9-6-10(2)8-11(7-9)15-12(16)13(14)4-3-5-13;/h9-11H,3-8,14H2,1-2H3,(H,15,16);1H. The van der Waals surface area contributed by atoms with Crippen LogP contribution in [0.15, 0.2) is 0 Å². The fraction of sp³-hybridized carbons (Fsp3) is 0.923. The van der Waals surface area contributed by atoms with Crippen LogP contribution in [0.25, 0.3) is 0 Å². The number of hydrogen-bond donors (Lipinski definition) is 2. The predicted octanol–water partition coefficient (Wildman–Crippen LogP) is 2.23. The fourth-order valence-corrected chi connectivity index (χ4v) is 3.18. The lowest BCUT2D eigenvalue weighted by atomic mass is 9.75. The van der Waals surface area contributed by atoms with E-state index in [2.05, 4.69) is 19.2 Å². The summed E-state index contributed by atoms with van der Waals surface area (Å²) in [6.07, 6.45) is 6.34. The Morgan fingerprint density at radius 2 is 1.71 bits per heavy atom. The zero-order chi connectivity index (χ0) is 11.8. The van der Waals surface area contributed by atoms with E-state index >= 15 is 0 Å². The molecule has 0 spiro atoms. The highest BCUT2D eigenvalue weighted by atomic mass is 35.5. The van der Waals surface area contributed by atoms with Crippen molar-refractivity contribution in [1.29, 1.82) is 0 Å². The molecule has 100 valence electrons. The molecule has 0 aromatic heterocycles. The van der Waals surface area contributed by atoms with Gasteiger partial charge >= 0.3 is 0 Å². The average molecular weight is 261 g/mol. The molecule has 1 amide bonds. The first-order chi connectivity index (χ1) is 7.49. The quantitative estimate of drug-likeness (QED) is 0.800. The van der Waals surface area contributed by atoms with E-state index < -0.39 is 5.54 Å². The molecule has 0 saturated heterocycles. The summed E-state index contributed by atoms with van der Waals surface area (Å²) in [7, 11) is 0. The summed E-state index contributed by atoms with van der Waals surface area (Å²) in [5.74, 6) is 1.54. The van der Waals surface area contributed by atoms with Gasteiger partial charge in [-0.05, 0) is 50.4 Å². The highest BCUT2D eigenvalue weighted by molar-refractivity contribution is 5.87. The third-order valence-corrected chi connectivity index (χ3v) is 4.21. The molecule has 0 bridgehead atoms. The van der Waals surface area contributed by atoms with Gasteiger partial charge in [0.2, 0.25) is 5.91 Å². The Labute approximate surface area is 110 Å². The summed E-state index contributed by atoms with van der Waals surface area (Å²) in [5.41, 5.74) is 5.48. The van der Waals surface area contributed by atoms with Crippen molar-refractivity contribution in [3.05, 3.63) is 0 Å². The molecular weight excluding hydrogens is 236 g/mol. The molecule has 2 atom stereocenters. The number of carbonyl (C=O) groups is 1. The maximum atomic E-state index is 12.0. The van der Waals surface area contributed by atoms with Crippen LogP contribution < -0.4 is 11.1 Å². The van der Waals surface area contributed by atoms with Gasteiger partial charge < -0.3 is 11.1 Å². The van der Waals surface area contributed by atoms with E-state index in [0.29, 0.717) is 6.04 Å². The molecule has 0 radical (unpaired) electrons. The summed E-state index contributed by atoms with van der Waals surface area (Å²) >= 11 is 0. The lowest BCUT2D eigenvalue weighted by Gasteiger charge is -2.39. The summed E-state index contributed by atoms with van der Waals surface area (Å²) in [5, 5.41) is 3.16. The van der Waals surface area contributed by atoms with Crippen molar-refractivity contribution < 1.29 is 4.79 Å². The molecule has 0 heterocycles. The maximum absolute atomic E-state index is 12.0. The molecule has 2 aliphatic carbocycles. The van der Waals surface area contributed by atoms with Crippen molar-refractivity contribution in [2.75, 3.05) is 0 Å². The second-order valence-corrected chi connectivity index (χ2v) is 6.10. The van der Waals surface area contributed by atoms with Crippen molar-refractivity contribution in [3.63, 3.8) is 0 Å². The van der Waals surface area contributed by atoms with E-state index in [1.54, 1.807) is 0 Å². The minimum absolute atomic E-state index is 0. The summed E-state index contributed by atoms with van der Waals surface area (Å²) in [6, 6.07) is 0.354. The Kier molecular flexibility index (Phi) is 4.85. The van der Waals surface area contributed by atoms with Gasteiger partial charge in [-0.1, -0.05) is 13.8 Å². The van der Waals surface area contributed by atoms with E-state index in [1.165, 1.54) is 6.42 Å². The largest absolute Gasteiger partial charge is 0.352 e. The van der Waals surface area contributed by atoms with Gasteiger partial charge in [-0.25, -0.2) is 0 Å². The van der Waals surface area contributed by atoms with E-state index in [9.17, 15) is 4.79 Å². The van der Waals surface area contributed by atoms with Gasteiger partial charge in [0.15, 0.2) is 0 Å². The van der Waals surface area contributed by atoms with Crippen LogP contribution in [-0.2, 0) is 4.79 Å². The first-order valence-electron chi connectivity index (χ1n) is 6.59. The third kappa shape index (κ3) is 3.35. The first-order valence-corrected chi connectivity index (χ1v) is 6.59. The van der Waals surface area contributed by atoms with Crippen LogP contribution in [0, 0.1) is 11.8 Å². The van der Waals surface area contributed by atoms with Gasteiger partial charge in [-0.15, -0.1) is 12.4 Å². The zero-order valence-electron chi connectivity index (χ0n) is 10.9. The Morgan fingerprint density at radius 1 is 1.18 bits per heavy atom. The minimum atomic E-state index is -0.538. The van der Waals surface area contributed by atoms with Gasteiger partial charge in [0.05, 0.1) is 5.54 Å². The SMILES string of the molecule is CC1CC(C)CC(NC(=O)C2(N)CCC2)C1.Cl. The van der Waals surface area contributed by atoms with Crippen LogP contribution in [0.3, 0.4) is 0 Å². The van der Waals surface area contributed by atoms with Gasteiger partial charge in [-0.3, -0.25) is 4.79 Å². The van der Waals surface area contributed by atoms with Crippen molar-refractivity contribution in [2.45, 2.75) is 64.0 Å². The third-order valence-electron chi connectivity index (χ3n) is 4.21. The molecule has 3 nitrogen and oxygen atoms in total. The Bertz CT molecular complexity index is 269. The van der Waals surface area contributed by atoms with Crippen molar-refractivity contribution in [3.8, 4) is 0 Å². The number of nitrogens with two attached hydrogens (primary N) is 1. The Balaban J connectivity index is 0.00000144. The smallest absolute Gasteiger partial charge is 0.240 e. The topological polar surface area (TPSA) is 55.1 Å². The Morgan fingerprint density at radius 3 is 2.12 bits per heavy atom. The predicted molar refractivity (Wildman–Crippen MR) is 72.1 cm³/mol. The number of hydrogen-bond acceptors (Lipinski definition) is 2. The molecule has 2 saturated carbocycles. The maximum Gasteiger partial charge on any atom is 0.240 e. The monoisotopic (exact) mass is 260 g/mol. The van der Waals surface area contributed by atoms with Crippen LogP contribution in [0.2, 0.25) is 0 Å². The molecule has 0 aromatic carbocycles. The van der Waals surface area contributed by atoms with Gasteiger partial charge in [0, 0.05) is 6.04 Å².